The van der Waals surface area contributed by atoms with Gasteiger partial charge in [-0.1, -0.05) is 29.8 Å². The van der Waals surface area contributed by atoms with Crippen molar-refractivity contribution in [3.63, 3.8) is 0 Å². The first kappa shape index (κ1) is 20.0. The van der Waals surface area contributed by atoms with Gasteiger partial charge in [-0.05, 0) is 43.5 Å². The number of fused-ring (bicyclic) bond motifs is 2. The maximum Gasteiger partial charge on any atom is 0.336 e. The fraction of sp³-hybridized carbons (Fsp3) is 0.217. The van der Waals surface area contributed by atoms with Crippen LogP contribution in [-0.2, 0) is 11.2 Å². The van der Waals surface area contributed by atoms with E-state index < -0.39 is 11.7 Å². The SMILES string of the molecule is Cc1cc(=O)oc2cc(O[C@H](C)C(=O)NCCc3c[nH]c4ccccc34)c(Cl)cc12. The summed E-state index contributed by atoms with van der Waals surface area (Å²) in [5.41, 5.74) is 2.89. The van der Waals surface area contributed by atoms with Crippen molar-refractivity contribution in [3.8, 4) is 5.75 Å². The van der Waals surface area contributed by atoms with Crippen molar-refractivity contribution in [2.24, 2.45) is 0 Å². The van der Waals surface area contributed by atoms with Crippen LogP contribution < -0.4 is 15.7 Å². The first-order chi connectivity index (χ1) is 14.4. The number of amides is 1. The first-order valence-electron chi connectivity index (χ1n) is 9.66. The molecule has 30 heavy (non-hydrogen) atoms. The number of aromatic nitrogens is 1. The van der Waals surface area contributed by atoms with E-state index in [1.807, 2.05) is 24.4 Å². The van der Waals surface area contributed by atoms with Gasteiger partial charge in [-0.3, -0.25) is 4.79 Å². The van der Waals surface area contributed by atoms with E-state index in [0.717, 1.165) is 27.4 Å². The molecule has 0 aliphatic carbocycles. The predicted molar refractivity (Wildman–Crippen MR) is 117 cm³/mol. The van der Waals surface area contributed by atoms with Crippen LogP contribution in [0.3, 0.4) is 0 Å². The molecule has 1 atom stereocenters. The van der Waals surface area contributed by atoms with Gasteiger partial charge in [-0.15, -0.1) is 0 Å². The number of aromatic amines is 1. The molecule has 0 unspecified atom stereocenters. The minimum atomic E-state index is -0.764. The van der Waals surface area contributed by atoms with E-state index in [-0.39, 0.29) is 11.7 Å². The highest BCUT2D eigenvalue weighted by molar-refractivity contribution is 6.32. The van der Waals surface area contributed by atoms with Gasteiger partial charge in [0.25, 0.3) is 5.91 Å². The van der Waals surface area contributed by atoms with E-state index >= 15 is 0 Å². The molecule has 2 N–H and O–H groups in total. The molecule has 0 spiro atoms. The lowest BCUT2D eigenvalue weighted by molar-refractivity contribution is -0.127. The molecular formula is C23H21ClN2O4. The summed E-state index contributed by atoms with van der Waals surface area (Å²) in [4.78, 5) is 27.3. The highest BCUT2D eigenvalue weighted by Gasteiger charge is 2.17. The Bertz CT molecular complexity index is 1290. The normalized spacial score (nSPS) is 12.2. The van der Waals surface area contributed by atoms with E-state index in [2.05, 4.69) is 16.4 Å². The van der Waals surface area contributed by atoms with Crippen molar-refractivity contribution < 1.29 is 13.9 Å². The van der Waals surface area contributed by atoms with Crippen LogP contribution in [0.1, 0.15) is 18.1 Å². The number of rotatable bonds is 6. The van der Waals surface area contributed by atoms with Gasteiger partial charge < -0.3 is 19.5 Å². The van der Waals surface area contributed by atoms with Crippen LogP contribution in [0.25, 0.3) is 21.9 Å². The van der Waals surface area contributed by atoms with Crippen molar-refractivity contribution in [1.29, 1.82) is 0 Å². The fourth-order valence-electron chi connectivity index (χ4n) is 3.46. The Balaban J connectivity index is 1.41. The number of hydrogen-bond donors (Lipinski definition) is 2. The summed E-state index contributed by atoms with van der Waals surface area (Å²) in [7, 11) is 0. The van der Waals surface area contributed by atoms with Gasteiger partial charge in [0.2, 0.25) is 0 Å². The summed E-state index contributed by atoms with van der Waals surface area (Å²) in [5.74, 6) is 0.0360. The molecule has 6 nitrogen and oxygen atoms in total. The average Bonchev–Trinajstić information content (AvgIpc) is 3.12. The van der Waals surface area contributed by atoms with Crippen molar-refractivity contribution >= 4 is 39.4 Å². The van der Waals surface area contributed by atoms with E-state index in [1.54, 1.807) is 26.0 Å². The lowest BCUT2D eigenvalue weighted by atomic mass is 10.1. The molecule has 4 rings (SSSR count). The van der Waals surface area contributed by atoms with Crippen LogP contribution in [0.5, 0.6) is 5.75 Å². The molecule has 0 saturated heterocycles. The van der Waals surface area contributed by atoms with Crippen LogP contribution in [0.4, 0.5) is 0 Å². The van der Waals surface area contributed by atoms with Gasteiger partial charge in [-0.25, -0.2) is 4.79 Å². The standard InChI is InChI=1S/C23H21ClN2O4/c1-13-9-22(27)30-20-11-21(18(24)10-17(13)20)29-14(2)23(28)25-8-7-15-12-26-19-6-4-3-5-16(15)19/h3-6,9-12,14,26H,7-8H2,1-2H3,(H,25,28)/t14-/m1/s1. The molecule has 4 aromatic rings. The highest BCUT2D eigenvalue weighted by atomic mass is 35.5. The fourth-order valence-corrected chi connectivity index (χ4v) is 3.66. The number of benzene rings is 2. The third-order valence-electron chi connectivity index (χ3n) is 5.05. The Morgan fingerprint density at radius 2 is 2.03 bits per heavy atom. The van der Waals surface area contributed by atoms with Gasteiger partial charge in [0.15, 0.2) is 6.10 Å². The number of para-hydroxylation sites is 1. The maximum absolute atomic E-state index is 12.5. The third-order valence-corrected chi connectivity index (χ3v) is 5.34. The molecule has 1 amide bonds. The van der Waals surface area contributed by atoms with Gasteiger partial charge in [0, 0.05) is 41.2 Å². The van der Waals surface area contributed by atoms with Gasteiger partial charge in [0.1, 0.15) is 11.3 Å². The summed E-state index contributed by atoms with van der Waals surface area (Å²) in [5, 5.41) is 5.11. The first-order valence-corrected chi connectivity index (χ1v) is 10.0. The molecule has 0 radical (unpaired) electrons. The van der Waals surface area contributed by atoms with Crippen LogP contribution >= 0.6 is 11.6 Å². The van der Waals surface area contributed by atoms with Crippen LogP contribution in [0.15, 0.2) is 57.9 Å². The van der Waals surface area contributed by atoms with E-state index in [9.17, 15) is 9.59 Å². The molecule has 0 saturated carbocycles. The molecule has 2 heterocycles. The molecule has 2 aromatic carbocycles. The lowest BCUT2D eigenvalue weighted by Crippen LogP contribution is -2.37. The zero-order valence-corrected chi connectivity index (χ0v) is 17.4. The van der Waals surface area contributed by atoms with Gasteiger partial charge in [-0.2, -0.15) is 0 Å². The van der Waals surface area contributed by atoms with Crippen molar-refractivity contribution in [2.75, 3.05) is 6.54 Å². The van der Waals surface area contributed by atoms with Crippen molar-refractivity contribution in [2.45, 2.75) is 26.4 Å². The molecule has 0 aliphatic rings. The Hall–Kier alpha value is -3.25. The highest BCUT2D eigenvalue weighted by Crippen LogP contribution is 2.31. The minimum Gasteiger partial charge on any atom is -0.479 e. The number of aryl methyl sites for hydroxylation is 1. The summed E-state index contributed by atoms with van der Waals surface area (Å²) < 4.78 is 11.0. The molecule has 154 valence electrons. The monoisotopic (exact) mass is 424 g/mol. The summed E-state index contributed by atoms with van der Waals surface area (Å²) >= 11 is 6.31. The van der Waals surface area contributed by atoms with Gasteiger partial charge >= 0.3 is 5.63 Å². The summed E-state index contributed by atoms with van der Waals surface area (Å²) in [6.07, 6.45) is 1.89. The Labute approximate surface area is 177 Å². The molecule has 7 heteroatoms. The number of halogens is 1. The quantitative estimate of drug-likeness (QED) is 0.450. The second kappa shape index (κ2) is 8.24. The second-order valence-corrected chi connectivity index (χ2v) is 7.60. The Morgan fingerprint density at radius 3 is 2.87 bits per heavy atom. The third kappa shape index (κ3) is 4.04. The minimum absolute atomic E-state index is 0.253. The van der Waals surface area contributed by atoms with E-state index in [4.69, 9.17) is 20.8 Å². The number of carbonyl (C=O) groups excluding carboxylic acids is 1. The number of hydrogen-bond acceptors (Lipinski definition) is 4. The molecule has 0 fully saturated rings. The smallest absolute Gasteiger partial charge is 0.336 e. The van der Waals surface area contributed by atoms with E-state index in [1.165, 1.54) is 6.07 Å². The molecule has 2 aromatic heterocycles. The zero-order chi connectivity index (χ0) is 21.3. The predicted octanol–water partition coefficient (Wildman–Crippen LogP) is 4.36. The number of ether oxygens (including phenoxy) is 1. The van der Waals surface area contributed by atoms with E-state index in [0.29, 0.717) is 23.6 Å². The zero-order valence-electron chi connectivity index (χ0n) is 16.6. The lowest BCUT2D eigenvalue weighted by Gasteiger charge is -2.16. The average molecular weight is 425 g/mol. The van der Waals surface area contributed by atoms with Gasteiger partial charge in [0.05, 0.1) is 5.02 Å². The molecule has 0 bridgehead atoms. The Morgan fingerprint density at radius 1 is 1.23 bits per heavy atom. The Kier molecular flexibility index (Phi) is 5.50. The molecular weight excluding hydrogens is 404 g/mol. The second-order valence-electron chi connectivity index (χ2n) is 7.19. The maximum atomic E-state index is 12.5. The van der Waals surface area contributed by atoms with Crippen molar-refractivity contribution in [3.05, 3.63) is 75.2 Å². The van der Waals surface area contributed by atoms with Crippen LogP contribution in [0.2, 0.25) is 5.02 Å². The summed E-state index contributed by atoms with van der Waals surface area (Å²) in [6.45, 7) is 3.93. The molecule has 0 aliphatic heterocycles. The number of nitrogens with one attached hydrogen (secondary N) is 2. The number of carbonyl (C=O) groups is 1. The largest absolute Gasteiger partial charge is 0.479 e. The summed E-state index contributed by atoms with van der Waals surface area (Å²) in [6, 6.07) is 12.7. The topological polar surface area (TPSA) is 84.3 Å². The van der Waals surface area contributed by atoms with Crippen molar-refractivity contribution in [1.82, 2.24) is 10.3 Å². The van der Waals surface area contributed by atoms with Crippen LogP contribution in [0, 0.1) is 6.92 Å². The van der Waals surface area contributed by atoms with Crippen LogP contribution in [-0.4, -0.2) is 23.5 Å². The number of H-pyrrole nitrogens is 1.